The predicted molar refractivity (Wildman–Crippen MR) is 71.4 cm³/mol. The minimum absolute atomic E-state index is 1.13. The average Bonchev–Trinajstić information content (AvgIpc) is 2.31. The Morgan fingerprint density at radius 1 is 0.938 bits per heavy atom. The van der Waals surface area contributed by atoms with Crippen LogP contribution in [0, 0.1) is 0 Å². The van der Waals surface area contributed by atoms with Crippen molar-refractivity contribution in [2.45, 2.75) is 20.8 Å². The lowest BCUT2D eigenvalue weighted by molar-refractivity contribution is 0.190. The molecule has 1 fully saturated rings. The third-order valence-electron chi connectivity index (χ3n) is 3.14. The van der Waals surface area contributed by atoms with E-state index in [1.165, 1.54) is 11.3 Å². The van der Waals surface area contributed by atoms with Crippen LogP contribution < -0.4 is 0 Å². The molecule has 0 saturated carbocycles. The molecular formula is C14H24N2. The molecule has 0 atom stereocenters. The fourth-order valence-corrected chi connectivity index (χ4v) is 1.76. The van der Waals surface area contributed by atoms with Crippen LogP contribution in [0.3, 0.4) is 0 Å². The highest BCUT2D eigenvalue weighted by molar-refractivity contribution is 5.25. The highest BCUT2D eigenvalue weighted by atomic mass is 15.2. The first-order valence-electron chi connectivity index (χ1n) is 6.08. The van der Waals surface area contributed by atoms with Crippen molar-refractivity contribution in [3.05, 3.63) is 35.6 Å². The van der Waals surface area contributed by atoms with Gasteiger partial charge in [-0.3, -0.25) is 0 Å². The van der Waals surface area contributed by atoms with Crippen molar-refractivity contribution in [1.82, 2.24) is 9.80 Å². The van der Waals surface area contributed by atoms with E-state index in [-0.39, 0.29) is 0 Å². The number of likely N-dealkylation sites (N-methyl/N-ethyl adjacent to an activating group) is 1. The van der Waals surface area contributed by atoms with Gasteiger partial charge in [0.1, 0.15) is 0 Å². The number of nitrogens with zero attached hydrogens (tertiary/aromatic N) is 2. The Balaban J connectivity index is 2.59. The van der Waals surface area contributed by atoms with Crippen molar-refractivity contribution in [3.63, 3.8) is 0 Å². The van der Waals surface area contributed by atoms with Crippen LogP contribution in [-0.4, -0.2) is 43.0 Å². The minimum Gasteiger partial charge on any atom is -0.369 e. The van der Waals surface area contributed by atoms with Gasteiger partial charge < -0.3 is 9.80 Å². The molecule has 1 aliphatic rings. The van der Waals surface area contributed by atoms with Gasteiger partial charge in [0.15, 0.2) is 0 Å². The molecule has 2 nitrogen and oxygen atoms in total. The second kappa shape index (κ2) is 6.54. The summed E-state index contributed by atoms with van der Waals surface area (Å²) in [4.78, 5) is 4.84. The lowest BCUT2D eigenvalue weighted by atomic mass is 10.2. The molecular weight excluding hydrogens is 196 g/mol. The van der Waals surface area contributed by atoms with E-state index >= 15 is 0 Å². The Hall–Kier alpha value is -1.02. The zero-order chi connectivity index (χ0) is 12.0. The Morgan fingerprint density at radius 3 is 2.06 bits per heavy atom. The van der Waals surface area contributed by atoms with Crippen molar-refractivity contribution in [1.29, 1.82) is 0 Å². The summed E-state index contributed by atoms with van der Waals surface area (Å²) in [5, 5.41) is 0. The smallest absolute Gasteiger partial charge is 0.0323 e. The highest BCUT2D eigenvalue weighted by Gasteiger charge is 2.13. The summed E-state index contributed by atoms with van der Waals surface area (Å²) in [6, 6.07) is 0. The van der Waals surface area contributed by atoms with Gasteiger partial charge >= 0.3 is 0 Å². The van der Waals surface area contributed by atoms with Crippen molar-refractivity contribution in [2.75, 3.05) is 33.2 Å². The quantitative estimate of drug-likeness (QED) is 0.675. The van der Waals surface area contributed by atoms with Crippen LogP contribution in [-0.2, 0) is 0 Å². The second-order valence-corrected chi connectivity index (χ2v) is 4.37. The van der Waals surface area contributed by atoms with Gasteiger partial charge in [-0.05, 0) is 33.9 Å². The number of hydrogen-bond acceptors (Lipinski definition) is 2. The highest BCUT2D eigenvalue weighted by Crippen LogP contribution is 2.11. The van der Waals surface area contributed by atoms with Gasteiger partial charge in [0.25, 0.3) is 0 Å². The van der Waals surface area contributed by atoms with Crippen LogP contribution in [0.4, 0.5) is 0 Å². The van der Waals surface area contributed by atoms with E-state index in [0.717, 1.165) is 26.2 Å². The largest absolute Gasteiger partial charge is 0.369 e. The van der Waals surface area contributed by atoms with E-state index in [1.807, 2.05) is 0 Å². The monoisotopic (exact) mass is 220 g/mol. The standard InChI is InChI=1S/C14H24N2/c1-5-13(3)7-8-14(6-2)16-11-9-15(4)10-12-16/h5-8H,9-12H2,1-4H3/b8-7-,13-5-,14-6-. The zero-order valence-corrected chi connectivity index (χ0v) is 11.0. The molecule has 0 aromatic rings. The van der Waals surface area contributed by atoms with Crippen molar-refractivity contribution < 1.29 is 0 Å². The van der Waals surface area contributed by atoms with Gasteiger partial charge in [0.2, 0.25) is 0 Å². The molecule has 1 aliphatic heterocycles. The maximum absolute atomic E-state index is 2.46. The first-order valence-corrected chi connectivity index (χ1v) is 6.08. The minimum atomic E-state index is 1.13. The Bertz CT molecular complexity index is 292. The summed E-state index contributed by atoms with van der Waals surface area (Å²) in [7, 11) is 2.19. The Kier molecular flexibility index (Phi) is 5.33. The summed E-state index contributed by atoms with van der Waals surface area (Å²) in [6.07, 6.45) is 8.74. The van der Waals surface area contributed by atoms with E-state index in [0.29, 0.717) is 0 Å². The number of piperazine rings is 1. The molecule has 16 heavy (non-hydrogen) atoms. The Morgan fingerprint density at radius 2 is 1.56 bits per heavy atom. The zero-order valence-electron chi connectivity index (χ0n) is 11.0. The average molecular weight is 220 g/mol. The SMILES string of the molecule is C\C=C(C)/C=C\C(=C\C)N1CCN(C)CC1. The normalized spacial score (nSPS) is 20.9. The van der Waals surface area contributed by atoms with Crippen LogP contribution >= 0.6 is 0 Å². The van der Waals surface area contributed by atoms with Crippen LogP contribution in [0.5, 0.6) is 0 Å². The third-order valence-corrected chi connectivity index (χ3v) is 3.14. The van der Waals surface area contributed by atoms with Gasteiger partial charge in [0.05, 0.1) is 0 Å². The molecule has 0 aromatic carbocycles. The maximum atomic E-state index is 2.46. The predicted octanol–water partition coefficient (Wildman–Crippen LogP) is 2.66. The van der Waals surface area contributed by atoms with Crippen LogP contribution in [0.15, 0.2) is 35.6 Å². The molecule has 0 aromatic heterocycles. The molecule has 1 heterocycles. The molecule has 0 amide bonds. The van der Waals surface area contributed by atoms with Crippen molar-refractivity contribution in [2.24, 2.45) is 0 Å². The van der Waals surface area contributed by atoms with E-state index in [4.69, 9.17) is 0 Å². The number of allylic oxidation sites excluding steroid dienone is 5. The number of hydrogen-bond donors (Lipinski definition) is 0. The first kappa shape index (κ1) is 13.0. The molecule has 0 bridgehead atoms. The van der Waals surface area contributed by atoms with E-state index in [1.54, 1.807) is 0 Å². The summed E-state index contributed by atoms with van der Waals surface area (Å²) in [5.74, 6) is 0. The maximum Gasteiger partial charge on any atom is 0.0323 e. The Labute approximate surface area is 99.9 Å². The fourth-order valence-electron chi connectivity index (χ4n) is 1.76. The van der Waals surface area contributed by atoms with Crippen LogP contribution in [0.25, 0.3) is 0 Å². The van der Waals surface area contributed by atoms with Gasteiger partial charge in [-0.2, -0.15) is 0 Å². The molecule has 2 heteroatoms. The molecule has 0 spiro atoms. The molecule has 0 radical (unpaired) electrons. The van der Waals surface area contributed by atoms with Gasteiger partial charge in [0, 0.05) is 31.9 Å². The second-order valence-electron chi connectivity index (χ2n) is 4.37. The molecule has 0 N–H and O–H groups in total. The van der Waals surface area contributed by atoms with E-state index < -0.39 is 0 Å². The lowest BCUT2D eigenvalue weighted by Gasteiger charge is -2.34. The van der Waals surface area contributed by atoms with Crippen molar-refractivity contribution >= 4 is 0 Å². The summed E-state index contributed by atoms with van der Waals surface area (Å²) >= 11 is 0. The van der Waals surface area contributed by atoms with Gasteiger partial charge in [-0.1, -0.05) is 23.8 Å². The third kappa shape index (κ3) is 3.86. The fraction of sp³-hybridized carbons (Fsp3) is 0.571. The van der Waals surface area contributed by atoms with Crippen molar-refractivity contribution in [3.8, 4) is 0 Å². The first-order chi connectivity index (χ1) is 7.67. The number of rotatable bonds is 3. The summed E-state index contributed by atoms with van der Waals surface area (Å²) in [5.41, 5.74) is 2.66. The van der Waals surface area contributed by atoms with Gasteiger partial charge in [-0.15, -0.1) is 0 Å². The summed E-state index contributed by atoms with van der Waals surface area (Å²) < 4.78 is 0. The van der Waals surface area contributed by atoms with Crippen LogP contribution in [0.1, 0.15) is 20.8 Å². The van der Waals surface area contributed by atoms with Crippen LogP contribution in [0.2, 0.25) is 0 Å². The topological polar surface area (TPSA) is 6.48 Å². The summed E-state index contributed by atoms with van der Waals surface area (Å²) in [6.45, 7) is 10.9. The molecule has 1 rings (SSSR count). The molecule has 0 unspecified atom stereocenters. The van der Waals surface area contributed by atoms with Gasteiger partial charge in [-0.25, -0.2) is 0 Å². The lowest BCUT2D eigenvalue weighted by Crippen LogP contribution is -2.43. The molecule has 90 valence electrons. The molecule has 1 saturated heterocycles. The van der Waals surface area contributed by atoms with E-state index in [9.17, 15) is 0 Å². The van der Waals surface area contributed by atoms with E-state index in [2.05, 4.69) is 61.9 Å². The molecule has 0 aliphatic carbocycles.